The van der Waals surface area contributed by atoms with Gasteiger partial charge in [0.1, 0.15) is 0 Å². The zero-order chi connectivity index (χ0) is 16.7. The molecule has 3 atom stereocenters. The molecule has 2 bridgehead atoms. The molecule has 0 spiro atoms. The van der Waals surface area contributed by atoms with E-state index in [1.54, 1.807) is 18.4 Å². The van der Waals surface area contributed by atoms with Crippen LogP contribution in [0.5, 0.6) is 0 Å². The van der Waals surface area contributed by atoms with Crippen LogP contribution in [0.15, 0.2) is 45.8 Å². The summed E-state index contributed by atoms with van der Waals surface area (Å²) < 4.78 is 1.90. The fourth-order valence-electron chi connectivity index (χ4n) is 3.56. The average Bonchev–Trinajstić information content (AvgIpc) is 3.29. The molecule has 2 aromatic rings. The fraction of sp³-hybridized carbons (Fsp3) is 0.333. The third-order valence-corrected chi connectivity index (χ3v) is 6.44. The van der Waals surface area contributed by atoms with Gasteiger partial charge in [-0.25, -0.2) is 4.68 Å². The van der Waals surface area contributed by atoms with Crippen LogP contribution in [0.4, 0.5) is 0 Å². The van der Waals surface area contributed by atoms with Gasteiger partial charge in [-0.15, -0.1) is 11.3 Å². The molecule has 3 unspecified atom stereocenters. The summed E-state index contributed by atoms with van der Waals surface area (Å²) in [4.78, 5) is 5.21. The molecule has 3 nitrogen and oxygen atoms in total. The SMILES string of the molecule is CN=c1scc(-c2ccc(Cl)c(Cl)c2)n1N=CC1CC2C=CC1C2. The summed E-state index contributed by atoms with van der Waals surface area (Å²) in [6.07, 6.45) is 9.26. The lowest BCUT2D eigenvalue weighted by molar-refractivity contribution is 0.590. The van der Waals surface area contributed by atoms with Crippen LogP contribution in [0, 0.1) is 17.8 Å². The first-order valence-corrected chi connectivity index (χ1v) is 9.61. The number of hydrogen-bond acceptors (Lipinski definition) is 3. The first kappa shape index (κ1) is 16.1. The topological polar surface area (TPSA) is 29.6 Å². The average molecular weight is 378 g/mol. The van der Waals surface area contributed by atoms with Crippen LogP contribution in [0.2, 0.25) is 10.0 Å². The molecule has 2 aliphatic rings. The lowest BCUT2D eigenvalue weighted by atomic mass is 9.95. The van der Waals surface area contributed by atoms with Gasteiger partial charge < -0.3 is 0 Å². The van der Waals surface area contributed by atoms with E-state index in [4.69, 9.17) is 28.3 Å². The highest BCUT2D eigenvalue weighted by Gasteiger charge is 2.34. The van der Waals surface area contributed by atoms with Gasteiger partial charge >= 0.3 is 0 Å². The predicted molar refractivity (Wildman–Crippen MR) is 102 cm³/mol. The van der Waals surface area contributed by atoms with Crippen molar-refractivity contribution in [3.63, 3.8) is 0 Å². The highest BCUT2D eigenvalue weighted by molar-refractivity contribution is 7.07. The Bertz CT molecular complexity index is 894. The highest BCUT2D eigenvalue weighted by Crippen LogP contribution is 2.42. The quantitative estimate of drug-likeness (QED) is 0.526. The Kier molecular flexibility index (Phi) is 4.37. The summed E-state index contributed by atoms with van der Waals surface area (Å²) in [5, 5.41) is 7.92. The normalized spacial score (nSPS) is 26.1. The Morgan fingerprint density at radius 2 is 2.08 bits per heavy atom. The summed E-state index contributed by atoms with van der Waals surface area (Å²) in [7, 11) is 1.79. The summed E-state index contributed by atoms with van der Waals surface area (Å²) in [5.41, 5.74) is 1.97. The number of rotatable bonds is 3. The molecular weight excluding hydrogens is 361 g/mol. The van der Waals surface area contributed by atoms with Gasteiger partial charge in [-0.2, -0.15) is 5.10 Å². The van der Waals surface area contributed by atoms with Crippen molar-refractivity contribution in [1.82, 2.24) is 4.68 Å². The van der Waals surface area contributed by atoms with Crippen LogP contribution in [0.25, 0.3) is 11.3 Å². The Morgan fingerprint density at radius 1 is 1.21 bits per heavy atom. The third-order valence-electron chi connectivity index (χ3n) is 4.80. The van der Waals surface area contributed by atoms with Crippen molar-refractivity contribution in [1.29, 1.82) is 0 Å². The van der Waals surface area contributed by atoms with Crippen LogP contribution < -0.4 is 4.80 Å². The number of aromatic nitrogens is 1. The second-order valence-corrected chi connectivity index (χ2v) is 7.93. The van der Waals surface area contributed by atoms with E-state index in [2.05, 4.69) is 28.7 Å². The van der Waals surface area contributed by atoms with E-state index in [0.29, 0.717) is 21.9 Å². The molecule has 0 amide bonds. The molecule has 1 aromatic heterocycles. The second kappa shape index (κ2) is 6.51. The van der Waals surface area contributed by atoms with Gasteiger partial charge in [-0.05, 0) is 36.8 Å². The van der Waals surface area contributed by atoms with Gasteiger partial charge in [0.2, 0.25) is 4.80 Å². The van der Waals surface area contributed by atoms with Crippen molar-refractivity contribution in [3.8, 4) is 11.3 Å². The standard InChI is InChI=1S/C18H17Cl2N3S/c1-21-18-23(22-9-14-7-11-2-3-12(14)6-11)17(10-24-18)13-4-5-15(19)16(20)8-13/h2-5,8-12,14H,6-7H2,1H3. The van der Waals surface area contributed by atoms with Crippen molar-refractivity contribution in [2.45, 2.75) is 12.8 Å². The van der Waals surface area contributed by atoms with E-state index >= 15 is 0 Å². The fourth-order valence-corrected chi connectivity index (χ4v) is 4.66. The highest BCUT2D eigenvalue weighted by atomic mass is 35.5. The smallest absolute Gasteiger partial charge is 0.205 e. The van der Waals surface area contributed by atoms with Crippen molar-refractivity contribution in [2.24, 2.45) is 27.8 Å². The molecular formula is C18H17Cl2N3S. The Morgan fingerprint density at radius 3 is 2.75 bits per heavy atom. The summed E-state index contributed by atoms with van der Waals surface area (Å²) in [6, 6.07) is 5.65. The van der Waals surface area contributed by atoms with Crippen LogP contribution >= 0.6 is 34.5 Å². The minimum absolute atomic E-state index is 0.527. The largest absolute Gasteiger partial charge is 0.261 e. The van der Waals surface area contributed by atoms with Gasteiger partial charge in [0.15, 0.2) is 0 Å². The third kappa shape index (κ3) is 2.87. The van der Waals surface area contributed by atoms with Gasteiger partial charge in [0.25, 0.3) is 0 Å². The summed E-state index contributed by atoms with van der Waals surface area (Å²) >= 11 is 13.8. The molecule has 0 aliphatic heterocycles. The molecule has 2 aliphatic carbocycles. The molecule has 1 aromatic carbocycles. The van der Waals surface area contributed by atoms with Gasteiger partial charge in [-0.1, -0.05) is 41.4 Å². The minimum atomic E-state index is 0.527. The zero-order valence-corrected chi connectivity index (χ0v) is 15.5. The number of halogens is 2. The van der Waals surface area contributed by atoms with Crippen LogP contribution in [-0.4, -0.2) is 17.9 Å². The van der Waals surface area contributed by atoms with Gasteiger partial charge in [-0.3, -0.25) is 4.99 Å². The van der Waals surface area contributed by atoms with Crippen LogP contribution in [0.3, 0.4) is 0 Å². The van der Waals surface area contributed by atoms with E-state index in [1.807, 2.05) is 22.9 Å². The number of hydrogen-bond donors (Lipinski definition) is 0. The monoisotopic (exact) mass is 377 g/mol. The molecule has 0 radical (unpaired) electrons. The van der Waals surface area contributed by atoms with E-state index < -0.39 is 0 Å². The zero-order valence-electron chi connectivity index (χ0n) is 13.2. The Labute approximate surface area is 155 Å². The van der Waals surface area contributed by atoms with Crippen LogP contribution in [-0.2, 0) is 0 Å². The Balaban J connectivity index is 1.70. The number of benzene rings is 1. The van der Waals surface area contributed by atoms with Crippen LogP contribution in [0.1, 0.15) is 12.8 Å². The molecule has 1 saturated carbocycles. The molecule has 0 saturated heterocycles. The van der Waals surface area contributed by atoms with Gasteiger partial charge in [0, 0.05) is 30.1 Å². The molecule has 124 valence electrons. The maximum Gasteiger partial charge on any atom is 0.205 e. The summed E-state index contributed by atoms with van der Waals surface area (Å²) in [6.45, 7) is 0. The lowest BCUT2D eigenvalue weighted by Crippen LogP contribution is -2.15. The van der Waals surface area contributed by atoms with E-state index in [0.717, 1.165) is 22.0 Å². The molecule has 6 heteroatoms. The molecule has 0 N–H and O–H groups in total. The van der Waals surface area contributed by atoms with Crippen molar-refractivity contribution >= 4 is 40.8 Å². The van der Waals surface area contributed by atoms with Crippen molar-refractivity contribution in [3.05, 3.63) is 50.6 Å². The lowest BCUT2D eigenvalue weighted by Gasteiger charge is -2.12. The number of fused-ring (bicyclic) bond motifs is 2. The molecule has 4 rings (SSSR count). The van der Waals surface area contributed by atoms with E-state index in [1.165, 1.54) is 12.8 Å². The summed E-state index contributed by atoms with van der Waals surface area (Å²) in [5.74, 6) is 1.91. The maximum atomic E-state index is 6.17. The number of thiazole rings is 1. The van der Waals surface area contributed by atoms with Crippen molar-refractivity contribution < 1.29 is 0 Å². The second-order valence-electron chi connectivity index (χ2n) is 6.28. The van der Waals surface area contributed by atoms with E-state index in [-0.39, 0.29) is 0 Å². The first-order valence-electron chi connectivity index (χ1n) is 7.97. The van der Waals surface area contributed by atoms with Gasteiger partial charge in [0.05, 0.1) is 15.7 Å². The minimum Gasteiger partial charge on any atom is -0.261 e. The molecule has 1 heterocycles. The molecule has 1 fully saturated rings. The van der Waals surface area contributed by atoms with E-state index in [9.17, 15) is 0 Å². The predicted octanol–water partition coefficient (Wildman–Crippen LogP) is 5.10. The molecule has 24 heavy (non-hydrogen) atoms. The first-order chi connectivity index (χ1) is 11.7. The maximum absolute atomic E-state index is 6.17. The number of nitrogens with zero attached hydrogens (tertiary/aromatic N) is 3. The number of allylic oxidation sites excluding steroid dienone is 2. The van der Waals surface area contributed by atoms with Crippen molar-refractivity contribution in [2.75, 3.05) is 7.05 Å². The Hall–Kier alpha value is -1.36.